The van der Waals surface area contributed by atoms with Crippen molar-refractivity contribution in [2.45, 2.75) is 13.8 Å². The van der Waals surface area contributed by atoms with Crippen molar-refractivity contribution in [3.8, 4) is 17.2 Å². The van der Waals surface area contributed by atoms with Gasteiger partial charge >= 0.3 is 12.2 Å². The Morgan fingerprint density at radius 2 is 1.50 bits per heavy atom. The largest absolute Gasteiger partial charge is 0.492 e. The number of carbonyl (C=O) groups is 2. The van der Waals surface area contributed by atoms with Gasteiger partial charge in [-0.25, -0.2) is 14.5 Å². The van der Waals surface area contributed by atoms with E-state index in [1.165, 1.54) is 0 Å². The third kappa shape index (κ3) is 6.66. The Labute approximate surface area is 168 Å². The first-order valence-electron chi connectivity index (χ1n) is 8.80. The minimum absolute atomic E-state index is 0.00156. The number of carbonyl (C=O) groups excluding carboxylic acids is 2. The summed E-state index contributed by atoms with van der Waals surface area (Å²) in [5.74, 6) is 1.81. The summed E-state index contributed by atoms with van der Waals surface area (Å²) >= 11 is 5.93. The lowest BCUT2D eigenvalue weighted by Gasteiger charge is -2.19. The monoisotopic (exact) mass is 407 g/mol. The van der Waals surface area contributed by atoms with E-state index < -0.39 is 12.2 Å². The molecule has 0 spiro atoms. The summed E-state index contributed by atoms with van der Waals surface area (Å²) in [4.78, 5) is 24.6. The molecule has 0 saturated heterocycles. The number of benzene rings is 2. The molecule has 0 radical (unpaired) electrons. The van der Waals surface area contributed by atoms with Crippen molar-refractivity contribution in [2.24, 2.45) is 0 Å². The zero-order valence-corrected chi connectivity index (χ0v) is 16.5. The van der Waals surface area contributed by atoms with Gasteiger partial charge in [-0.1, -0.05) is 17.7 Å². The predicted molar refractivity (Wildman–Crippen MR) is 104 cm³/mol. The van der Waals surface area contributed by atoms with E-state index in [0.29, 0.717) is 22.3 Å². The van der Waals surface area contributed by atoms with E-state index in [0.717, 1.165) is 4.90 Å². The number of halogens is 1. The summed E-state index contributed by atoms with van der Waals surface area (Å²) in [7, 11) is 0. The van der Waals surface area contributed by atoms with E-state index >= 15 is 0 Å². The van der Waals surface area contributed by atoms with Crippen LogP contribution in [0.2, 0.25) is 5.02 Å². The van der Waals surface area contributed by atoms with Gasteiger partial charge in [-0.05, 0) is 56.3 Å². The average Bonchev–Trinajstić information content (AvgIpc) is 2.67. The molecule has 150 valence electrons. The first-order chi connectivity index (χ1) is 13.5. The Morgan fingerprint density at radius 1 is 0.893 bits per heavy atom. The van der Waals surface area contributed by atoms with Crippen LogP contribution in [0.5, 0.6) is 17.2 Å². The zero-order valence-electron chi connectivity index (χ0n) is 15.7. The van der Waals surface area contributed by atoms with Crippen LogP contribution in [-0.2, 0) is 9.47 Å². The van der Waals surface area contributed by atoms with Crippen LogP contribution in [0.1, 0.15) is 13.8 Å². The first kappa shape index (κ1) is 21.4. The normalized spacial score (nSPS) is 10.1. The van der Waals surface area contributed by atoms with Gasteiger partial charge in [0.25, 0.3) is 0 Å². The van der Waals surface area contributed by atoms with Crippen molar-refractivity contribution in [3.05, 3.63) is 53.6 Å². The maximum absolute atomic E-state index is 11.9. The molecule has 0 aliphatic heterocycles. The second kappa shape index (κ2) is 11.0. The number of amides is 2. The Kier molecular flexibility index (Phi) is 8.42. The van der Waals surface area contributed by atoms with Crippen LogP contribution in [0, 0.1) is 0 Å². The van der Waals surface area contributed by atoms with Gasteiger partial charge in [0.05, 0.1) is 19.8 Å². The van der Waals surface area contributed by atoms with Gasteiger partial charge in [0, 0.05) is 5.02 Å². The van der Waals surface area contributed by atoms with E-state index in [2.05, 4.69) is 0 Å². The molecule has 2 rings (SSSR count). The van der Waals surface area contributed by atoms with Crippen molar-refractivity contribution >= 4 is 23.8 Å². The molecule has 0 saturated carbocycles. The number of ether oxygens (including phenoxy) is 4. The molecule has 7 nitrogen and oxygen atoms in total. The van der Waals surface area contributed by atoms with Gasteiger partial charge < -0.3 is 18.9 Å². The van der Waals surface area contributed by atoms with Gasteiger partial charge in [0.2, 0.25) is 0 Å². The molecule has 2 amide bonds. The van der Waals surface area contributed by atoms with E-state index in [9.17, 15) is 9.59 Å². The van der Waals surface area contributed by atoms with Crippen molar-refractivity contribution in [1.29, 1.82) is 0 Å². The molecule has 2 aromatic rings. The van der Waals surface area contributed by atoms with Crippen molar-refractivity contribution < 1.29 is 28.5 Å². The molecule has 2 aromatic carbocycles. The van der Waals surface area contributed by atoms with Crippen molar-refractivity contribution in [2.75, 3.05) is 26.4 Å². The van der Waals surface area contributed by atoms with Crippen LogP contribution >= 0.6 is 11.6 Å². The number of hydrogen-bond donors (Lipinski definition) is 0. The molecule has 0 aliphatic carbocycles. The SMILES string of the molecule is CCOC(=O)N(CCOc1ccc(Oc2cccc(Cl)c2)cc1)C(=O)OCC. The molecule has 0 heterocycles. The van der Waals surface area contributed by atoms with E-state index in [1.54, 1.807) is 62.4 Å². The highest BCUT2D eigenvalue weighted by Gasteiger charge is 2.23. The van der Waals surface area contributed by atoms with E-state index in [-0.39, 0.29) is 26.4 Å². The molecule has 0 bridgehead atoms. The lowest BCUT2D eigenvalue weighted by Crippen LogP contribution is -2.40. The van der Waals surface area contributed by atoms with Gasteiger partial charge in [0.1, 0.15) is 23.9 Å². The van der Waals surface area contributed by atoms with Crippen LogP contribution in [0.25, 0.3) is 0 Å². The summed E-state index contributed by atoms with van der Waals surface area (Å²) in [5.41, 5.74) is 0. The highest BCUT2D eigenvalue weighted by atomic mass is 35.5. The summed E-state index contributed by atoms with van der Waals surface area (Å²) in [6.07, 6.45) is -1.54. The fourth-order valence-corrected chi connectivity index (χ4v) is 2.37. The fraction of sp³-hybridized carbons (Fsp3) is 0.300. The molecular formula is C20H22ClNO6. The number of imide groups is 1. The third-order valence-corrected chi connectivity index (χ3v) is 3.65. The molecular weight excluding hydrogens is 386 g/mol. The standard InChI is InChI=1S/C20H22ClNO6/c1-3-25-19(23)22(20(24)26-4-2)12-13-27-16-8-10-17(11-9-16)28-18-7-5-6-15(21)14-18/h5-11,14H,3-4,12-13H2,1-2H3. The van der Waals surface area contributed by atoms with Crippen molar-refractivity contribution in [1.82, 2.24) is 4.90 Å². The van der Waals surface area contributed by atoms with E-state index in [4.69, 9.17) is 30.5 Å². The summed E-state index contributed by atoms with van der Waals surface area (Å²) in [5, 5.41) is 0.588. The van der Waals surface area contributed by atoms with Gasteiger partial charge in [-0.15, -0.1) is 0 Å². The predicted octanol–water partition coefficient (Wildman–Crippen LogP) is 5.13. The number of hydrogen-bond acceptors (Lipinski definition) is 6. The Morgan fingerprint density at radius 3 is 2.07 bits per heavy atom. The summed E-state index contributed by atoms with van der Waals surface area (Å²) in [6, 6.07) is 14.0. The minimum atomic E-state index is -0.769. The quantitative estimate of drug-likeness (QED) is 0.604. The third-order valence-electron chi connectivity index (χ3n) is 3.42. The highest BCUT2D eigenvalue weighted by molar-refractivity contribution is 6.30. The second-order valence-corrected chi connectivity index (χ2v) is 5.87. The molecule has 0 aromatic heterocycles. The number of rotatable bonds is 8. The van der Waals surface area contributed by atoms with Gasteiger partial charge in [0.15, 0.2) is 0 Å². The van der Waals surface area contributed by atoms with E-state index in [1.807, 2.05) is 0 Å². The topological polar surface area (TPSA) is 74.3 Å². The molecule has 0 N–H and O–H groups in total. The lowest BCUT2D eigenvalue weighted by molar-refractivity contribution is 0.0763. The molecule has 0 unspecified atom stereocenters. The van der Waals surface area contributed by atoms with Crippen molar-refractivity contribution in [3.63, 3.8) is 0 Å². The second-order valence-electron chi connectivity index (χ2n) is 5.43. The van der Waals surface area contributed by atoms with Crippen LogP contribution in [0.15, 0.2) is 48.5 Å². The first-order valence-corrected chi connectivity index (χ1v) is 9.18. The average molecular weight is 408 g/mol. The zero-order chi connectivity index (χ0) is 20.4. The lowest BCUT2D eigenvalue weighted by atomic mass is 10.3. The summed E-state index contributed by atoms with van der Waals surface area (Å²) < 4.78 is 21.0. The van der Waals surface area contributed by atoms with Gasteiger partial charge in [-0.3, -0.25) is 0 Å². The van der Waals surface area contributed by atoms with Gasteiger partial charge in [-0.2, -0.15) is 0 Å². The molecule has 28 heavy (non-hydrogen) atoms. The molecule has 0 aliphatic rings. The smallest absolute Gasteiger partial charge is 0.419 e. The van der Waals surface area contributed by atoms with Crippen LogP contribution in [0.3, 0.4) is 0 Å². The van der Waals surface area contributed by atoms with Crippen LogP contribution in [0.4, 0.5) is 9.59 Å². The van der Waals surface area contributed by atoms with Crippen LogP contribution < -0.4 is 9.47 Å². The fourth-order valence-electron chi connectivity index (χ4n) is 2.19. The highest BCUT2D eigenvalue weighted by Crippen LogP contribution is 2.25. The molecule has 0 fully saturated rings. The maximum atomic E-state index is 11.9. The molecule has 8 heteroatoms. The van der Waals surface area contributed by atoms with Crippen LogP contribution in [-0.4, -0.2) is 43.5 Å². The Balaban J connectivity index is 1.88. The number of nitrogens with zero attached hydrogens (tertiary/aromatic N) is 1. The Hall–Kier alpha value is -2.93. The summed E-state index contributed by atoms with van der Waals surface area (Å²) in [6.45, 7) is 3.72. The Bertz CT molecular complexity index is 763. The maximum Gasteiger partial charge on any atom is 0.419 e. The molecule has 0 atom stereocenters. The minimum Gasteiger partial charge on any atom is -0.492 e.